The second-order valence-electron chi connectivity index (χ2n) is 5.53. The van der Waals surface area contributed by atoms with E-state index in [9.17, 15) is 15.2 Å². The van der Waals surface area contributed by atoms with E-state index in [1.165, 1.54) is 0 Å². The predicted octanol–water partition coefficient (Wildman–Crippen LogP) is 4.32. The molecule has 25 heavy (non-hydrogen) atoms. The van der Waals surface area contributed by atoms with Crippen molar-refractivity contribution in [3.8, 4) is 11.9 Å². The molecule has 1 N–H and O–H groups in total. The molecule has 3 aromatic rings. The van der Waals surface area contributed by atoms with E-state index in [2.05, 4.69) is 10.2 Å². The van der Waals surface area contributed by atoms with Crippen molar-refractivity contribution >= 4 is 22.1 Å². The van der Waals surface area contributed by atoms with Crippen LogP contribution in [0.15, 0.2) is 57.5 Å². The van der Waals surface area contributed by atoms with E-state index >= 15 is 0 Å². The minimum Gasteiger partial charge on any atom is -0.493 e. The Labute approximate surface area is 144 Å². The zero-order valence-electron chi connectivity index (χ0n) is 13.9. The maximum absolute atomic E-state index is 12.5. The highest BCUT2D eigenvalue weighted by molar-refractivity contribution is 5.92. The average molecular weight is 332 g/mol. The molecule has 3 rings (SSSR count). The Morgan fingerprint density at radius 3 is 2.60 bits per heavy atom. The van der Waals surface area contributed by atoms with Gasteiger partial charge in [0.1, 0.15) is 11.6 Å². The maximum atomic E-state index is 12.5. The lowest BCUT2D eigenvalue weighted by molar-refractivity contribution is 0.409. The molecule has 0 amide bonds. The van der Waals surface area contributed by atoms with Gasteiger partial charge in [-0.1, -0.05) is 36.4 Å². The van der Waals surface area contributed by atoms with Crippen molar-refractivity contribution in [3.05, 3.63) is 63.9 Å². The van der Waals surface area contributed by atoms with Crippen molar-refractivity contribution in [2.45, 2.75) is 20.4 Å². The molecule has 1 aromatic heterocycles. The third-order valence-corrected chi connectivity index (χ3v) is 4.11. The average Bonchev–Trinajstić information content (AvgIpc) is 2.62. The number of aromatic hydroxyl groups is 1. The number of fused-ring (bicyclic) bond motifs is 1. The van der Waals surface area contributed by atoms with Crippen molar-refractivity contribution in [3.63, 3.8) is 0 Å². The van der Waals surface area contributed by atoms with Crippen molar-refractivity contribution < 1.29 is 5.11 Å². The molecule has 0 spiro atoms. The lowest BCUT2D eigenvalue weighted by atomic mass is 10.1. The fourth-order valence-electron chi connectivity index (χ4n) is 2.75. The highest BCUT2D eigenvalue weighted by Gasteiger charge is 2.18. The number of nitrogens with zero attached hydrogens (tertiary/aromatic N) is 4. The van der Waals surface area contributed by atoms with Gasteiger partial charge >= 0.3 is 0 Å². The van der Waals surface area contributed by atoms with Crippen LogP contribution in [0.5, 0.6) is 5.88 Å². The van der Waals surface area contributed by atoms with Gasteiger partial charge in [-0.3, -0.25) is 9.36 Å². The molecule has 0 saturated carbocycles. The molecule has 0 aliphatic rings. The topological polar surface area (TPSA) is 90.7 Å². The molecule has 0 aliphatic heterocycles. The Bertz CT molecular complexity index is 1090. The first-order valence-corrected chi connectivity index (χ1v) is 7.84. The first-order chi connectivity index (χ1) is 12.1. The number of benzene rings is 2. The summed E-state index contributed by atoms with van der Waals surface area (Å²) in [7, 11) is 0. The van der Waals surface area contributed by atoms with Crippen LogP contribution in [-0.4, -0.2) is 9.67 Å². The molecule has 0 fully saturated rings. The van der Waals surface area contributed by atoms with Crippen LogP contribution in [0.2, 0.25) is 0 Å². The van der Waals surface area contributed by atoms with Crippen LogP contribution in [0, 0.1) is 18.3 Å². The van der Waals surface area contributed by atoms with Crippen molar-refractivity contribution in [1.82, 2.24) is 4.57 Å². The minimum atomic E-state index is -0.472. The van der Waals surface area contributed by atoms with E-state index < -0.39 is 5.56 Å². The molecule has 0 aliphatic carbocycles. The van der Waals surface area contributed by atoms with Crippen molar-refractivity contribution in [2.75, 3.05) is 0 Å². The van der Waals surface area contributed by atoms with E-state index in [0.29, 0.717) is 11.3 Å². The molecule has 6 nitrogen and oxygen atoms in total. The lowest BCUT2D eigenvalue weighted by Gasteiger charge is -2.10. The van der Waals surface area contributed by atoms with Crippen molar-refractivity contribution in [1.29, 1.82) is 5.26 Å². The molecule has 6 heteroatoms. The molecule has 124 valence electrons. The summed E-state index contributed by atoms with van der Waals surface area (Å²) < 4.78 is 1.11. The van der Waals surface area contributed by atoms with Gasteiger partial charge in [-0.25, -0.2) is 0 Å². The number of pyridine rings is 1. The molecule has 0 saturated heterocycles. The van der Waals surface area contributed by atoms with Gasteiger partial charge in [-0.2, -0.15) is 5.26 Å². The number of hydrogen-bond donors (Lipinski definition) is 1. The molecule has 0 radical (unpaired) electrons. The molecular weight excluding hydrogens is 316 g/mol. The molecule has 0 unspecified atom stereocenters. The Balaban J connectivity index is 2.19. The van der Waals surface area contributed by atoms with Crippen LogP contribution in [-0.2, 0) is 6.54 Å². The maximum Gasteiger partial charge on any atom is 0.281 e. The van der Waals surface area contributed by atoms with Gasteiger partial charge < -0.3 is 5.11 Å². The van der Waals surface area contributed by atoms with Gasteiger partial charge in [0.25, 0.3) is 5.56 Å². The second-order valence-corrected chi connectivity index (χ2v) is 5.53. The van der Waals surface area contributed by atoms with Gasteiger partial charge in [-0.05, 0) is 25.3 Å². The Kier molecular flexibility index (Phi) is 4.31. The lowest BCUT2D eigenvalue weighted by Crippen LogP contribution is -2.20. The van der Waals surface area contributed by atoms with Gasteiger partial charge in [0.15, 0.2) is 5.69 Å². The number of nitriles is 1. The molecule has 0 bridgehead atoms. The largest absolute Gasteiger partial charge is 0.493 e. The smallest absolute Gasteiger partial charge is 0.281 e. The molecule has 0 atom stereocenters. The van der Waals surface area contributed by atoms with E-state index in [4.69, 9.17) is 0 Å². The van der Waals surface area contributed by atoms with Crippen LogP contribution in [0.25, 0.3) is 10.8 Å². The van der Waals surface area contributed by atoms with Crippen molar-refractivity contribution in [2.24, 2.45) is 10.2 Å². The van der Waals surface area contributed by atoms with Gasteiger partial charge in [0.05, 0.1) is 5.69 Å². The van der Waals surface area contributed by atoms with E-state index in [1.807, 2.05) is 48.5 Å². The minimum absolute atomic E-state index is 0.0355. The van der Waals surface area contributed by atoms with Crippen LogP contribution in [0.3, 0.4) is 0 Å². The summed E-state index contributed by atoms with van der Waals surface area (Å²) in [6.07, 6.45) is 0. The predicted molar refractivity (Wildman–Crippen MR) is 95.6 cm³/mol. The SMILES string of the molecule is CCn1c(O)c(C#N)c(C)c(N=Nc2cccc3ccccc23)c1=O. The second kappa shape index (κ2) is 6.57. The van der Waals surface area contributed by atoms with E-state index in [-0.39, 0.29) is 23.7 Å². The highest BCUT2D eigenvalue weighted by atomic mass is 16.3. The summed E-state index contributed by atoms with van der Waals surface area (Å²) in [6.45, 7) is 3.52. The number of hydrogen-bond acceptors (Lipinski definition) is 5. The van der Waals surface area contributed by atoms with E-state index in [1.54, 1.807) is 13.8 Å². The number of rotatable bonds is 3. The normalized spacial score (nSPS) is 11.1. The monoisotopic (exact) mass is 332 g/mol. The Morgan fingerprint density at radius 2 is 1.88 bits per heavy atom. The first kappa shape index (κ1) is 16.4. The summed E-state index contributed by atoms with van der Waals surface area (Å²) in [5.41, 5.74) is 0.572. The highest BCUT2D eigenvalue weighted by Crippen LogP contribution is 2.29. The number of aromatic nitrogens is 1. The Hall–Kier alpha value is -3.46. The summed E-state index contributed by atoms with van der Waals surface area (Å²) in [5, 5.41) is 29.6. The summed E-state index contributed by atoms with van der Waals surface area (Å²) in [6, 6.07) is 15.3. The quantitative estimate of drug-likeness (QED) is 0.724. The fourth-order valence-corrected chi connectivity index (χ4v) is 2.75. The number of azo groups is 1. The summed E-state index contributed by atoms with van der Waals surface area (Å²) >= 11 is 0. The zero-order chi connectivity index (χ0) is 18.0. The third-order valence-electron chi connectivity index (χ3n) is 4.11. The Morgan fingerprint density at radius 1 is 1.16 bits per heavy atom. The van der Waals surface area contributed by atoms with Crippen LogP contribution in [0.4, 0.5) is 11.4 Å². The van der Waals surface area contributed by atoms with E-state index in [0.717, 1.165) is 15.3 Å². The van der Waals surface area contributed by atoms with Crippen LogP contribution < -0.4 is 5.56 Å². The van der Waals surface area contributed by atoms with Gasteiger partial charge in [0.2, 0.25) is 5.88 Å². The standard InChI is InChI=1S/C19H16N4O2/c1-3-23-18(24)15(11-20)12(2)17(19(23)25)22-21-16-10-6-8-13-7-4-5-9-14(13)16/h4-10,24H,3H2,1-2H3. The fraction of sp³-hybridized carbons (Fsp3) is 0.158. The van der Waals surface area contributed by atoms with Gasteiger partial charge in [-0.15, -0.1) is 10.2 Å². The molecule has 2 aromatic carbocycles. The van der Waals surface area contributed by atoms with Crippen LogP contribution >= 0.6 is 0 Å². The first-order valence-electron chi connectivity index (χ1n) is 7.84. The molecular formula is C19H16N4O2. The molecule has 1 heterocycles. The summed E-state index contributed by atoms with van der Waals surface area (Å²) in [4.78, 5) is 12.5. The zero-order valence-corrected chi connectivity index (χ0v) is 13.9. The van der Waals surface area contributed by atoms with Crippen LogP contribution in [0.1, 0.15) is 18.1 Å². The third kappa shape index (κ3) is 2.76. The van der Waals surface area contributed by atoms with Gasteiger partial charge in [0, 0.05) is 17.5 Å². The summed E-state index contributed by atoms with van der Waals surface area (Å²) in [5.74, 6) is -0.336.